The molecule has 1 heterocycles. The predicted octanol–water partition coefficient (Wildman–Crippen LogP) is 0.975. The van der Waals surface area contributed by atoms with Gasteiger partial charge in [0, 0.05) is 18.8 Å². The van der Waals surface area contributed by atoms with Crippen LogP contribution in [0.1, 0.15) is 16.1 Å². The van der Waals surface area contributed by atoms with Crippen molar-refractivity contribution >= 4 is 17.8 Å². The first-order valence-electron chi connectivity index (χ1n) is 5.23. The van der Waals surface area contributed by atoms with Crippen LogP contribution in [0, 0.1) is 0 Å². The van der Waals surface area contributed by atoms with Crippen LogP contribution in [-0.2, 0) is 7.05 Å². The standard InChI is InChI=1S/C12H12N4O2/c1-16-7-9(11(15-16)12(13)18)14-6-8-4-2-3-5-10(8)17/h2-7,17H,1H3,(H2,13,18). The molecule has 1 aromatic heterocycles. The van der Waals surface area contributed by atoms with E-state index >= 15 is 0 Å². The molecule has 0 aliphatic carbocycles. The number of hydrogen-bond acceptors (Lipinski definition) is 4. The van der Waals surface area contributed by atoms with Gasteiger partial charge in [-0.1, -0.05) is 12.1 Å². The summed E-state index contributed by atoms with van der Waals surface area (Å²) < 4.78 is 1.46. The minimum absolute atomic E-state index is 0.101. The molecule has 6 nitrogen and oxygen atoms in total. The van der Waals surface area contributed by atoms with E-state index in [1.807, 2.05) is 0 Å². The normalized spacial score (nSPS) is 10.9. The van der Waals surface area contributed by atoms with Crippen LogP contribution in [-0.4, -0.2) is 27.0 Å². The number of para-hydroxylation sites is 1. The molecule has 0 radical (unpaired) electrons. The van der Waals surface area contributed by atoms with E-state index in [-0.39, 0.29) is 11.4 Å². The number of aromatic hydroxyl groups is 1. The third kappa shape index (κ3) is 2.37. The number of phenolic OH excluding ortho intramolecular Hbond substituents is 1. The number of amides is 1. The van der Waals surface area contributed by atoms with Crippen LogP contribution in [0.5, 0.6) is 5.75 Å². The fraction of sp³-hybridized carbons (Fsp3) is 0.0833. The lowest BCUT2D eigenvalue weighted by Gasteiger charge is -1.96. The Labute approximate surface area is 103 Å². The van der Waals surface area contributed by atoms with Crippen LogP contribution < -0.4 is 5.73 Å². The van der Waals surface area contributed by atoms with Crippen molar-refractivity contribution in [1.82, 2.24) is 9.78 Å². The fourth-order valence-corrected chi connectivity index (χ4v) is 1.48. The van der Waals surface area contributed by atoms with Gasteiger partial charge in [-0.2, -0.15) is 5.10 Å². The Balaban J connectivity index is 2.35. The average Bonchev–Trinajstić information content (AvgIpc) is 2.70. The Hall–Kier alpha value is -2.63. The second-order valence-corrected chi connectivity index (χ2v) is 3.72. The number of aliphatic imine (C=N–C) groups is 1. The maximum absolute atomic E-state index is 11.1. The average molecular weight is 244 g/mol. The molecule has 0 unspecified atom stereocenters. The van der Waals surface area contributed by atoms with Gasteiger partial charge in [0.05, 0.1) is 6.20 Å². The molecule has 3 N–H and O–H groups in total. The molecule has 1 amide bonds. The van der Waals surface area contributed by atoms with Crippen LogP contribution in [0.2, 0.25) is 0 Å². The molecule has 18 heavy (non-hydrogen) atoms. The predicted molar refractivity (Wildman–Crippen MR) is 67.1 cm³/mol. The highest BCUT2D eigenvalue weighted by Gasteiger charge is 2.11. The van der Waals surface area contributed by atoms with Gasteiger partial charge in [0.1, 0.15) is 11.4 Å². The van der Waals surface area contributed by atoms with Gasteiger partial charge in [-0.25, -0.2) is 0 Å². The lowest BCUT2D eigenvalue weighted by Crippen LogP contribution is -2.12. The number of nitrogens with two attached hydrogens (primary N) is 1. The Kier molecular flexibility index (Phi) is 3.09. The van der Waals surface area contributed by atoms with E-state index in [1.165, 1.54) is 10.9 Å². The zero-order valence-electron chi connectivity index (χ0n) is 9.74. The van der Waals surface area contributed by atoms with Crippen molar-refractivity contribution in [2.75, 3.05) is 0 Å². The zero-order chi connectivity index (χ0) is 13.1. The number of phenols is 1. The van der Waals surface area contributed by atoms with Crippen molar-refractivity contribution in [2.45, 2.75) is 0 Å². The topological polar surface area (TPSA) is 93.5 Å². The van der Waals surface area contributed by atoms with Crippen LogP contribution in [0.25, 0.3) is 0 Å². The van der Waals surface area contributed by atoms with Crippen molar-refractivity contribution in [1.29, 1.82) is 0 Å². The lowest BCUT2D eigenvalue weighted by molar-refractivity contribution is 0.0995. The molecule has 1 aromatic carbocycles. The quantitative estimate of drug-likeness (QED) is 0.788. The van der Waals surface area contributed by atoms with Crippen molar-refractivity contribution in [3.8, 4) is 5.75 Å². The molecular weight excluding hydrogens is 232 g/mol. The maximum atomic E-state index is 11.1. The van der Waals surface area contributed by atoms with Gasteiger partial charge >= 0.3 is 0 Å². The summed E-state index contributed by atoms with van der Waals surface area (Å²) in [5, 5.41) is 13.5. The number of hydrogen-bond donors (Lipinski definition) is 2. The van der Waals surface area contributed by atoms with Crippen LogP contribution >= 0.6 is 0 Å². The largest absolute Gasteiger partial charge is 0.507 e. The van der Waals surface area contributed by atoms with Crippen LogP contribution in [0.3, 0.4) is 0 Å². The van der Waals surface area contributed by atoms with E-state index in [4.69, 9.17) is 5.73 Å². The Morgan fingerprint density at radius 1 is 1.50 bits per heavy atom. The first-order chi connectivity index (χ1) is 8.58. The van der Waals surface area contributed by atoms with Crippen LogP contribution in [0.15, 0.2) is 35.5 Å². The summed E-state index contributed by atoms with van der Waals surface area (Å²) in [6.45, 7) is 0. The smallest absolute Gasteiger partial charge is 0.271 e. The molecule has 92 valence electrons. The highest BCUT2D eigenvalue weighted by Crippen LogP contribution is 2.18. The molecule has 0 fully saturated rings. The summed E-state index contributed by atoms with van der Waals surface area (Å²) in [6, 6.07) is 6.75. The second kappa shape index (κ2) is 4.70. The molecule has 0 saturated carbocycles. The SMILES string of the molecule is Cn1cc(N=Cc2ccccc2O)c(C(N)=O)n1. The highest BCUT2D eigenvalue weighted by molar-refractivity contribution is 5.97. The van der Waals surface area contributed by atoms with E-state index in [2.05, 4.69) is 10.1 Å². The number of rotatable bonds is 3. The molecular formula is C12H12N4O2. The zero-order valence-corrected chi connectivity index (χ0v) is 9.74. The van der Waals surface area contributed by atoms with Gasteiger partial charge in [0.2, 0.25) is 0 Å². The van der Waals surface area contributed by atoms with E-state index in [0.717, 1.165) is 0 Å². The van der Waals surface area contributed by atoms with E-state index in [9.17, 15) is 9.90 Å². The lowest BCUT2D eigenvalue weighted by atomic mass is 10.2. The number of primary amides is 1. The summed E-state index contributed by atoms with van der Waals surface area (Å²) in [6.07, 6.45) is 3.04. The number of aryl methyl sites for hydroxylation is 1. The summed E-state index contributed by atoms with van der Waals surface area (Å²) >= 11 is 0. The number of nitrogens with zero attached hydrogens (tertiary/aromatic N) is 3. The molecule has 0 atom stereocenters. The van der Waals surface area contributed by atoms with Crippen molar-refractivity contribution in [2.24, 2.45) is 17.8 Å². The van der Waals surface area contributed by atoms with Crippen molar-refractivity contribution in [3.05, 3.63) is 41.7 Å². The van der Waals surface area contributed by atoms with Gasteiger partial charge in [0.25, 0.3) is 5.91 Å². The highest BCUT2D eigenvalue weighted by atomic mass is 16.3. The number of carbonyl (C=O) groups excluding carboxylic acids is 1. The molecule has 0 aliphatic heterocycles. The third-order valence-corrected chi connectivity index (χ3v) is 2.32. The summed E-state index contributed by atoms with van der Waals surface area (Å²) in [5.41, 5.74) is 6.21. The molecule has 0 aliphatic rings. The van der Waals surface area contributed by atoms with E-state index < -0.39 is 5.91 Å². The summed E-state index contributed by atoms with van der Waals surface area (Å²) in [4.78, 5) is 15.2. The molecule has 0 saturated heterocycles. The van der Waals surface area contributed by atoms with Gasteiger partial charge < -0.3 is 10.8 Å². The summed E-state index contributed by atoms with van der Waals surface area (Å²) in [7, 11) is 1.67. The molecule has 0 bridgehead atoms. The first kappa shape index (κ1) is 11.8. The number of carbonyl (C=O) groups is 1. The van der Waals surface area contributed by atoms with E-state index in [1.54, 1.807) is 37.5 Å². The van der Waals surface area contributed by atoms with Crippen molar-refractivity contribution < 1.29 is 9.90 Å². The van der Waals surface area contributed by atoms with E-state index in [0.29, 0.717) is 11.3 Å². The minimum Gasteiger partial charge on any atom is -0.507 e. The van der Waals surface area contributed by atoms with Crippen LogP contribution in [0.4, 0.5) is 5.69 Å². The molecule has 6 heteroatoms. The Morgan fingerprint density at radius 3 is 2.89 bits per heavy atom. The molecule has 0 spiro atoms. The monoisotopic (exact) mass is 244 g/mol. The van der Waals surface area contributed by atoms with Gasteiger partial charge in [-0.05, 0) is 12.1 Å². The molecule has 2 rings (SSSR count). The third-order valence-electron chi connectivity index (χ3n) is 2.32. The van der Waals surface area contributed by atoms with Gasteiger partial charge in [-0.3, -0.25) is 14.5 Å². The maximum Gasteiger partial charge on any atom is 0.271 e. The Morgan fingerprint density at radius 2 is 2.22 bits per heavy atom. The Bertz CT molecular complexity index is 616. The summed E-state index contributed by atoms with van der Waals surface area (Å²) in [5.74, 6) is -0.522. The molecule has 2 aromatic rings. The van der Waals surface area contributed by atoms with Crippen molar-refractivity contribution in [3.63, 3.8) is 0 Å². The minimum atomic E-state index is -0.639. The first-order valence-corrected chi connectivity index (χ1v) is 5.23. The second-order valence-electron chi connectivity index (χ2n) is 3.72. The van der Waals surface area contributed by atoms with Gasteiger partial charge in [0.15, 0.2) is 5.69 Å². The number of benzene rings is 1. The number of aromatic nitrogens is 2. The van der Waals surface area contributed by atoms with Gasteiger partial charge in [-0.15, -0.1) is 0 Å². The fourth-order valence-electron chi connectivity index (χ4n) is 1.48.